The van der Waals surface area contributed by atoms with E-state index < -0.39 is 0 Å². The Kier molecular flexibility index (Phi) is 3.98. The zero-order chi connectivity index (χ0) is 15.7. The van der Waals surface area contributed by atoms with Gasteiger partial charge >= 0.3 is 0 Å². The van der Waals surface area contributed by atoms with Gasteiger partial charge in [-0.05, 0) is 48.0 Å². The predicted molar refractivity (Wildman–Crippen MR) is 85.0 cm³/mol. The van der Waals surface area contributed by atoms with E-state index in [4.69, 9.17) is 0 Å². The molecule has 0 N–H and O–H groups in total. The number of fused-ring (bicyclic) bond motifs is 1. The number of ketones is 1. The molecule has 1 aliphatic rings. The largest absolute Gasteiger partial charge is 0.315 e. The summed E-state index contributed by atoms with van der Waals surface area (Å²) in [7, 11) is 1.74. The first-order valence-electron chi connectivity index (χ1n) is 6.85. The highest BCUT2D eigenvalue weighted by molar-refractivity contribution is 8.00. The van der Waals surface area contributed by atoms with Gasteiger partial charge in [-0.1, -0.05) is 0 Å². The van der Waals surface area contributed by atoms with E-state index in [1.807, 2.05) is 6.07 Å². The van der Waals surface area contributed by atoms with Crippen LogP contribution >= 0.6 is 11.8 Å². The van der Waals surface area contributed by atoms with Crippen LogP contribution in [-0.4, -0.2) is 24.5 Å². The van der Waals surface area contributed by atoms with Gasteiger partial charge in [0, 0.05) is 23.2 Å². The topological polar surface area (TPSA) is 37.4 Å². The number of likely N-dealkylation sites (N-methyl/N-ethyl adjacent to an activating group) is 1. The molecule has 0 aliphatic carbocycles. The summed E-state index contributed by atoms with van der Waals surface area (Å²) in [6.45, 7) is 0. The van der Waals surface area contributed by atoms with Gasteiger partial charge in [0.05, 0.1) is 12.2 Å². The maximum absolute atomic E-state index is 12.8. The summed E-state index contributed by atoms with van der Waals surface area (Å²) < 4.78 is 12.8. The summed E-state index contributed by atoms with van der Waals surface area (Å²) in [5.41, 5.74) is 2.37. The molecule has 0 spiro atoms. The molecule has 22 heavy (non-hydrogen) atoms. The van der Waals surface area contributed by atoms with Crippen molar-refractivity contribution in [2.45, 2.75) is 11.3 Å². The first-order valence-corrected chi connectivity index (χ1v) is 7.84. The second-order valence-electron chi connectivity index (χ2n) is 5.14. The number of rotatable bonds is 4. The molecule has 0 aromatic heterocycles. The predicted octanol–water partition coefficient (Wildman–Crippen LogP) is 3.32. The van der Waals surface area contributed by atoms with Crippen molar-refractivity contribution in [3.63, 3.8) is 0 Å². The summed E-state index contributed by atoms with van der Waals surface area (Å²) in [6, 6.07) is 11.4. The lowest BCUT2D eigenvalue weighted by atomic mass is 10.1. The Bertz CT molecular complexity index is 743. The van der Waals surface area contributed by atoms with Crippen molar-refractivity contribution in [3.8, 4) is 0 Å². The molecule has 0 radical (unpaired) electrons. The molecule has 2 aromatic rings. The van der Waals surface area contributed by atoms with Gasteiger partial charge in [-0.3, -0.25) is 9.59 Å². The van der Waals surface area contributed by atoms with Gasteiger partial charge < -0.3 is 4.90 Å². The Labute approximate surface area is 132 Å². The highest BCUT2D eigenvalue weighted by Crippen LogP contribution is 2.29. The SMILES string of the molecule is CN1C(=O)Cc2cc(C(=O)CSc3ccc(F)cc3)ccc21. The van der Waals surface area contributed by atoms with Gasteiger partial charge in [-0.25, -0.2) is 4.39 Å². The molecule has 0 saturated heterocycles. The van der Waals surface area contributed by atoms with E-state index >= 15 is 0 Å². The summed E-state index contributed by atoms with van der Waals surface area (Å²) in [5, 5.41) is 0. The molecule has 112 valence electrons. The quantitative estimate of drug-likeness (QED) is 0.641. The van der Waals surface area contributed by atoms with Crippen LogP contribution in [0.3, 0.4) is 0 Å². The van der Waals surface area contributed by atoms with Gasteiger partial charge in [0.2, 0.25) is 5.91 Å². The fourth-order valence-corrected chi connectivity index (χ4v) is 3.20. The number of halogens is 1. The monoisotopic (exact) mass is 315 g/mol. The molecular formula is C17H14FNO2S. The standard InChI is InChI=1S/C17H14FNO2S/c1-19-15-7-2-11(8-12(15)9-17(19)21)16(20)10-22-14-5-3-13(18)4-6-14/h2-8H,9-10H2,1H3. The van der Waals surface area contributed by atoms with E-state index in [1.54, 1.807) is 36.2 Å². The minimum Gasteiger partial charge on any atom is -0.315 e. The molecule has 0 bridgehead atoms. The molecule has 0 unspecified atom stereocenters. The second kappa shape index (κ2) is 5.93. The Morgan fingerprint density at radius 3 is 2.68 bits per heavy atom. The second-order valence-corrected chi connectivity index (χ2v) is 6.19. The highest BCUT2D eigenvalue weighted by Gasteiger charge is 2.24. The molecule has 0 fully saturated rings. The van der Waals surface area contributed by atoms with Crippen LogP contribution in [-0.2, 0) is 11.2 Å². The van der Waals surface area contributed by atoms with Gasteiger partial charge in [-0.2, -0.15) is 0 Å². The number of thioether (sulfide) groups is 1. The summed E-state index contributed by atoms with van der Waals surface area (Å²) >= 11 is 1.37. The Balaban J connectivity index is 1.70. The maximum Gasteiger partial charge on any atom is 0.231 e. The molecule has 5 heteroatoms. The van der Waals surface area contributed by atoms with Gasteiger partial charge in [0.15, 0.2) is 5.78 Å². The number of carbonyl (C=O) groups is 2. The van der Waals surface area contributed by atoms with E-state index in [0.29, 0.717) is 12.0 Å². The Morgan fingerprint density at radius 1 is 1.23 bits per heavy atom. The number of Topliss-reactive ketones (excluding diaryl/α,β-unsaturated/α-hetero) is 1. The third kappa shape index (κ3) is 2.90. The van der Waals surface area contributed by atoms with Gasteiger partial charge in [-0.15, -0.1) is 11.8 Å². The average molecular weight is 315 g/mol. The normalized spacial score (nSPS) is 13.4. The van der Waals surface area contributed by atoms with Gasteiger partial charge in [0.25, 0.3) is 0 Å². The van der Waals surface area contributed by atoms with Crippen LogP contribution in [0.25, 0.3) is 0 Å². The molecule has 2 aromatic carbocycles. The van der Waals surface area contributed by atoms with Crippen molar-refractivity contribution < 1.29 is 14.0 Å². The highest BCUT2D eigenvalue weighted by atomic mass is 32.2. The van der Waals surface area contributed by atoms with Gasteiger partial charge in [0.1, 0.15) is 5.82 Å². The first kappa shape index (κ1) is 14.8. The number of carbonyl (C=O) groups excluding carboxylic acids is 2. The summed E-state index contributed by atoms with van der Waals surface area (Å²) in [6.07, 6.45) is 0.345. The Hall–Kier alpha value is -2.14. The van der Waals surface area contributed by atoms with Crippen molar-refractivity contribution in [1.82, 2.24) is 0 Å². The number of hydrogen-bond donors (Lipinski definition) is 0. The third-order valence-corrected chi connectivity index (χ3v) is 4.67. The van der Waals surface area contributed by atoms with Crippen LogP contribution in [0.5, 0.6) is 0 Å². The van der Waals surface area contributed by atoms with Crippen molar-refractivity contribution in [2.75, 3.05) is 17.7 Å². The fraction of sp³-hybridized carbons (Fsp3) is 0.176. The molecule has 0 saturated carbocycles. The molecule has 1 heterocycles. The lowest BCUT2D eigenvalue weighted by Gasteiger charge is -2.10. The van der Waals surface area contributed by atoms with Crippen LogP contribution in [0.2, 0.25) is 0 Å². The Morgan fingerprint density at radius 2 is 1.95 bits per heavy atom. The van der Waals surface area contributed by atoms with Crippen LogP contribution in [0.4, 0.5) is 10.1 Å². The number of amides is 1. The lowest BCUT2D eigenvalue weighted by molar-refractivity contribution is -0.117. The number of benzene rings is 2. The lowest BCUT2D eigenvalue weighted by Crippen LogP contribution is -2.20. The van der Waals surface area contributed by atoms with Crippen molar-refractivity contribution in [2.24, 2.45) is 0 Å². The average Bonchev–Trinajstić information content (AvgIpc) is 2.80. The van der Waals surface area contributed by atoms with E-state index in [9.17, 15) is 14.0 Å². The van der Waals surface area contributed by atoms with E-state index in [0.717, 1.165) is 16.1 Å². The maximum atomic E-state index is 12.8. The van der Waals surface area contributed by atoms with Crippen LogP contribution in [0, 0.1) is 5.82 Å². The molecule has 1 amide bonds. The number of hydrogen-bond acceptors (Lipinski definition) is 3. The minimum atomic E-state index is -0.289. The molecular weight excluding hydrogens is 301 g/mol. The molecule has 3 rings (SSSR count). The zero-order valence-electron chi connectivity index (χ0n) is 12.0. The molecule has 1 aliphatic heterocycles. The summed E-state index contributed by atoms with van der Waals surface area (Å²) in [4.78, 5) is 26.4. The van der Waals surface area contributed by atoms with Crippen molar-refractivity contribution in [3.05, 3.63) is 59.4 Å². The van der Waals surface area contributed by atoms with E-state index in [1.165, 1.54) is 23.9 Å². The molecule has 3 nitrogen and oxygen atoms in total. The first-order chi connectivity index (χ1) is 10.5. The van der Waals surface area contributed by atoms with Crippen molar-refractivity contribution >= 4 is 29.1 Å². The van der Waals surface area contributed by atoms with Crippen LogP contribution in [0.15, 0.2) is 47.4 Å². The zero-order valence-corrected chi connectivity index (χ0v) is 12.8. The van der Waals surface area contributed by atoms with E-state index in [-0.39, 0.29) is 23.3 Å². The van der Waals surface area contributed by atoms with E-state index in [2.05, 4.69) is 0 Å². The van der Waals surface area contributed by atoms with Crippen molar-refractivity contribution in [1.29, 1.82) is 0 Å². The summed E-state index contributed by atoms with van der Waals surface area (Å²) in [5.74, 6) is 0.0382. The number of anilines is 1. The molecule has 0 atom stereocenters. The fourth-order valence-electron chi connectivity index (χ4n) is 2.41. The van der Waals surface area contributed by atoms with Crippen LogP contribution in [0.1, 0.15) is 15.9 Å². The smallest absolute Gasteiger partial charge is 0.231 e. The van der Waals surface area contributed by atoms with Crippen LogP contribution < -0.4 is 4.90 Å². The minimum absolute atomic E-state index is 0.000808. The number of nitrogens with zero attached hydrogens (tertiary/aromatic N) is 1. The third-order valence-electron chi connectivity index (χ3n) is 3.66.